The zero-order valence-corrected chi connectivity index (χ0v) is 7.93. The maximum absolute atomic E-state index is 10.7. The lowest BCUT2D eigenvalue weighted by Gasteiger charge is -2.04. The Morgan fingerprint density at radius 3 is 2.53 bits per heavy atom. The van der Waals surface area contributed by atoms with Gasteiger partial charge in [0.2, 0.25) is 0 Å². The van der Waals surface area contributed by atoms with Crippen LogP contribution in [0.4, 0.5) is 5.69 Å². The third kappa shape index (κ3) is 2.04. The number of hydrogen-bond donors (Lipinski definition) is 2. The number of hydrogen-bond acceptors (Lipinski definition) is 4. The van der Waals surface area contributed by atoms with Gasteiger partial charge in [0.15, 0.2) is 0 Å². The van der Waals surface area contributed by atoms with E-state index in [0.29, 0.717) is 6.42 Å². The maximum atomic E-state index is 10.7. The van der Waals surface area contributed by atoms with E-state index in [1.165, 1.54) is 6.07 Å². The molecule has 0 heterocycles. The first-order chi connectivity index (χ1) is 6.97. The molecule has 0 radical (unpaired) electrons. The van der Waals surface area contributed by atoms with E-state index in [4.69, 9.17) is 5.11 Å². The molecule has 0 aliphatic carbocycles. The zero-order chi connectivity index (χ0) is 11.6. The number of aromatic hydroxyl groups is 1. The van der Waals surface area contributed by atoms with E-state index in [9.17, 15) is 20.0 Å². The molecule has 6 nitrogen and oxygen atoms in total. The predicted octanol–water partition coefficient (Wildman–Crippen LogP) is 1.56. The van der Waals surface area contributed by atoms with Crippen molar-refractivity contribution in [3.63, 3.8) is 0 Å². The fourth-order valence-corrected chi connectivity index (χ4v) is 1.22. The van der Waals surface area contributed by atoms with Gasteiger partial charge in [0.05, 0.1) is 4.92 Å². The third-order valence-corrected chi connectivity index (χ3v) is 2.00. The van der Waals surface area contributed by atoms with Crippen molar-refractivity contribution in [2.45, 2.75) is 13.3 Å². The lowest BCUT2D eigenvalue weighted by Crippen LogP contribution is -2.01. The number of aromatic carboxylic acids is 1. The van der Waals surface area contributed by atoms with Crippen molar-refractivity contribution in [1.82, 2.24) is 0 Å². The Morgan fingerprint density at radius 2 is 2.13 bits per heavy atom. The summed E-state index contributed by atoms with van der Waals surface area (Å²) in [4.78, 5) is 20.5. The number of nitro groups is 1. The molecule has 0 aliphatic rings. The summed E-state index contributed by atoms with van der Waals surface area (Å²) in [5, 5.41) is 28.7. The van der Waals surface area contributed by atoms with Crippen LogP contribution < -0.4 is 0 Å². The van der Waals surface area contributed by atoms with Crippen LogP contribution in [0.5, 0.6) is 5.75 Å². The summed E-state index contributed by atoms with van der Waals surface area (Å²) in [6.07, 6.45) is 0.327. The predicted molar refractivity (Wildman–Crippen MR) is 51.1 cm³/mol. The van der Waals surface area contributed by atoms with Crippen molar-refractivity contribution >= 4 is 11.7 Å². The molecule has 2 N–H and O–H groups in total. The average molecular weight is 211 g/mol. The number of aryl methyl sites for hydroxylation is 1. The highest BCUT2D eigenvalue weighted by molar-refractivity contribution is 5.92. The molecule has 0 atom stereocenters. The van der Waals surface area contributed by atoms with Gasteiger partial charge in [-0.1, -0.05) is 6.92 Å². The molecule has 0 aliphatic heterocycles. The molecule has 0 fully saturated rings. The molecule has 1 rings (SSSR count). The molecule has 1 aromatic carbocycles. The molecule has 0 saturated carbocycles. The lowest BCUT2D eigenvalue weighted by molar-refractivity contribution is -0.385. The van der Waals surface area contributed by atoms with E-state index in [-0.39, 0.29) is 11.3 Å². The highest BCUT2D eigenvalue weighted by Crippen LogP contribution is 2.28. The second-order valence-corrected chi connectivity index (χ2v) is 2.92. The molecule has 0 aromatic heterocycles. The molecule has 0 amide bonds. The lowest BCUT2D eigenvalue weighted by atomic mass is 10.1. The molecule has 80 valence electrons. The molecule has 0 bridgehead atoms. The fourth-order valence-electron chi connectivity index (χ4n) is 1.22. The SMILES string of the molecule is CCc1cc([N+](=O)[O-])cc(C(=O)O)c1O. The number of non-ortho nitro benzene ring substituents is 1. The van der Waals surface area contributed by atoms with Gasteiger partial charge < -0.3 is 10.2 Å². The summed E-state index contributed by atoms with van der Waals surface area (Å²) >= 11 is 0. The molecule has 0 saturated heterocycles. The molecule has 15 heavy (non-hydrogen) atoms. The Hall–Kier alpha value is -2.11. The summed E-state index contributed by atoms with van der Waals surface area (Å²) in [5.74, 6) is -1.79. The monoisotopic (exact) mass is 211 g/mol. The van der Waals surface area contributed by atoms with Crippen LogP contribution in [-0.4, -0.2) is 21.1 Å². The van der Waals surface area contributed by atoms with Crippen LogP contribution in [0.2, 0.25) is 0 Å². The number of nitrogens with zero attached hydrogens (tertiary/aromatic N) is 1. The highest BCUT2D eigenvalue weighted by Gasteiger charge is 2.19. The standard InChI is InChI=1S/C9H9NO5/c1-2-5-3-6(10(14)15)4-7(8(5)11)9(12)13/h3-4,11H,2H2,1H3,(H,12,13). The van der Waals surface area contributed by atoms with Gasteiger partial charge in [0.25, 0.3) is 5.69 Å². The minimum atomic E-state index is -1.38. The van der Waals surface area contributed by atoms with E-state index in [1.54, 1.807) is 6.92 Å². The van der Waals surface area contributed by atoms with Gasteiger partial charge in [0, 0.05) is 17.7 Å². The molecular formula is C9H9NO5. The molecule has 0 unspecified atom stereocenters. The van der Waals surface area contributed by atoms with Crippen molar-refractivity contribution in [1.29, 1.82) is 0 Å². The number of carboxylic acid groups (broad SMARTS) is 1. The van der Waals surface area contributed by atoms with Gasteiger partial charge >= 0.3 is 5.97 Å². The first-order valence-corrected chi connectivity index (χ1v) is 4.21. The summed E-state index contributed by atoms with van der Waals surface area (Å²) in [6, 6.07) is 2.01. The maximum Gasteiger partial charge on any atom is 0.339 e. The second kappa shape index (κ2) is 3.95. The van der Waals surface area contributed by atoms with E-state index in [1.807, 2.05) is 0 Å². The van der Waals surface area contributed by atoms with Crippen LogP contribution in [0.25, 0.3) is 0 Å². The quantitative estimate of drug-likeness (QED) is 0.583. The third-order valence-electron chi connectivity index (χ3n) is 2.00. The van der Waals surface area contributed by atoms with Crippen LogP contribution in [0.3, 0.4) is 0 Å². The van der Waals surface area contributed by atoms with E-state index in [0.717, 1.165) is 6.07 Å². The minimum Gasteiger partial charge on any atom is -0.507 e. The molecule has 1 aromatic rings. The van der Waals surface area contributed by atoms with Crippen LogP contribution in [-0.2, 0) is 6.42 Å². The Kier molecular flexibility index (Phi) is 2.89. The van der Waals surface area contributed by atoms with E-state index in [2.05, 4.69) is 0 Å². The van der Waals surface area contributed by atoms with Gasteiger partial charge in [-0.2, -0.15) is 0 Å². The number of rotatable bonds is 3. The topological polar surface area (TPSA) is 101 Å². The number of carbonyl (C=O) groups is 1. The van der Waals surface area contributed by atoms with Crippen molar-refractivity contribution in [2.75, 3.05) is 0 Å². The largest absolute Gasteiger partial charge is 0.507 e. The number of nitro benzene ring substituents is 1. The summed E-state index contributed by atoms with van der Waals surface area (Å²) in [6.45, 7) is 1.67. The van der Waals surface area contributed by atoms with Crippen LogP contribution >= 0.6 is 0 Å². The summed E-state index contributed by atoms with van der Waals surface area (Å²) in [7, 11) is 0. The van der Waals surface area contributed by atoms with Crippen LogP contribution in [0, 0.1) is 10.1 Å². The van der Waals surface area contributed by atoms with Crippen molar-refractivity contribution in [3.8, 4) is 5.75 Å². The Morgan fingerprint density at radius 1 is 1.53 bits per heavy atom. The highest BCUT2D eigenvalue weighted by atomic mass is 16.6. The first kappa shape index (κ1) is 11.0. The van der Waals surface area contributed by atoms with Crippen molar-refractivity contribution in [2.24, 2.45) is 0 Å². The first-order valence-electron chi connectivity index (χ1n) is 4.21. The Labute approximate surface area is 84.9 Å². The molecule has 6 heteroatoms. The second-order valence-electron chi connectivity index (χ2n) is 2.92. The zero-order valence-electron chi connectivity index (χ0n) is 7.93. The minimum absolute atomic E-state index is 0.251. The smallest absolute Gasteiger partial charge is 0.339 e. The van der Waals surface area contributed by atoms with Gasteiger partial charge in [0.1, 0.15) is 11.3 Å². The Balaban J connectivity index is 3.45. The molecule has 0 spiro atoms. The Bertz CT molecular complexity index is 427. The summed E-state index contributed by atoms with van der Waals surface area (Å²) in [5.41, 5.74) is -0.523. The van der Waals surface area contributed by atoms with Crippen LogP contribution in [0.1, 0.15) is 22.8 Å². The fraction of sp³-hybridized carbons (Fsp3) is 0.222. The molecular weight excluding hydrogens is 202 g/mol. The van der Waals surface area contributed by atoms with Gasteiger partial charge in [-0.3, -0.25) is 10.1 Å². The van der Waals surface area contributed by atoms with Gasteiger partial charge in [-0.25, -0.2) is 4.79 Å². The normalized spacial score (nSPS) is 9.93. The van der Waals surface area contributed by atoms with Crippen molar-refractivity contribution < 1.29 is 19.9 Å². The van der Waals surface area contributed by atoms with Gasteiger partial charge in [-0.05, 0) is 6.42 Å². The van der Waals surface area contributed by atoms with E-state index >= 15 is 0 Å². The number of carboxylic acids is 1. The van der Waals surface area contributed by atoms with Gasteiger partial charge in [-0.15, -0.1) is 0 Å². The van der Waals surface area contributed by atoms with E-state index < -0.39 is 22.2 Å². The van der Waals surface area contributed by atoms with Crippen molar-refractivity contribution in [3.05, 3.63) is 33.4 Å². The number of phenols is 1. The number of benzene rings is 1. The summed E-state index contributed by atoms with van der Waals surface area (Å²) < 4.78 is 0. The average Bonchev–Trinajstić information content (AvgIpc) is 2.17. The van der Waals surface area contributed by atoms with Crippen LogP contribution in [0.15, 0.2) is 12.1 Å².